The van der Waals surface area contributed by atoms with E-state index in [4.69, 9.17) is 0 Å². The summed E-state index contributed by atoms with van der Waals surface area (Å²) in [5.41, 5.74) is 3.71. The summed E-state index contributed by atoms with van der Waals surface area (Å²) >= 11 is 0. The maximum absolute atomic E-state index is 11.2. The van der Waals surface area contributed by atoms with E-state index >= 15 is 0 Å². The highest BCUT2D eigenvalue weighted by Crippen LogP contribution is 2.19. The van der Waals surface area contributed by atoms with Crippen LogP contribution in [0.3, 0.4) is 0 Å². The summed E-state index contributed by atoms with van der Waals surface area (Å²) in [6.07, 6.45) is 1.46. The molecule has 0 heterocycles. The molecule has 0 radical (unpaired) electrons. The predicted octanol–water partition coefficient (Wildman–Crippen LogP) is 3.46. The SMILES string of the molecule is CN[C@@H](CC(C)=O)Cc1ccc(-c2ccccc2)cc1. The molecule has 2 rings (SSSR count). The van der Waals surface area contributed by atoms with E-state index in [0.29, 0.717) is 6.42 Å². The lowest BCUT2D eigenvalue weighted by Crippen LogP contribution is -2.29. The summed E-state index contributed by atoms with van der Waals surface area (Å²) in [6.45, 7) is 1.64. The van der Waals surface area contributed by atoms with Crippen molar-refractivity contribution in [3.8, 4) is 11.1 Å². The van der Waals surface area contributed by atoms with E-state index in [2.05, 4.69) is 41.7 Å². The quantitative estimate of drug-likeness (QED) is 0.868. The van der Waals surface area contributed by atoms with E-state index in [9.17, 15) is 4.79 Å². The van der Waals surface area contributed by atoms with Crippen molar-refractivity contribution in [2.24, 2.45) is 0 Å². The molecule has 2 aromatic carbocycles. The number of ketones is 1. The zero-order valence-electron chi connectivity index (χ0n) is 12.1. The van der Waals surface area contributed by atoms with Gasteiger partial charge in [0, 0.05) is 12.5 Å². The van der Waals surface area contributed by atoms with E-state index in [1.54, 1.807) is 6.92 Å². The van der Waals surface area contributed by atoms with Crippen LogP contribution in [0.4, 0.5) is 0 Å². The fourth-order valence-electron chi connectivity index (χ4n) is 2.37. The highest BCUT2D eigenvalue weighted by Gasteiger charge is 2.09. The summed E-state index contributed by atoms with van der Waals surface area (Å²) in [5, 5.41) is 3.21. The van der Waals surface area contributed by atoms with E-state index in [1.807, 2.05) is 25.2 Å². The number of nitrogens with one attached hydrogen (secondary N) is 1. The van der Waals surface area contributed by atoms with Crippen LogP contribution in [0.25, 0.3) is 11.1 Å². The van der Waals surface area contributed by atoms with Crippen LogP contribution < -0.4 is 5.32 Å². The van der Waals surface area contributed by atoms with Crippen LogP contribution in [0, 0.1) is 0 Å². The average molecular weight is 267 g/mol. The molecule has 0 saturated carbocycles. The number of rotatable bonds is 6. The number of carbonyl (C=O) groups is 1. The summed E-state index contributed by atoms with van der Waals surface area (Å²) in [7, 11) is 1.91. The van der Waals surface area contributed by atoms with Crippen LogP contribution >= 0.6 is 0 Å². The summed E-state index contributed by atoms with van der Waals surface area (Å²) < 4.78 is 0. The monoisotopic (exact) mass is 267 g/mol. The summed E-state index contributed by atoms with van der Waals surface area (Å²) in [6, 6.07) is 19.1. The highest BCUT2D eigenvalue weighted by atomic mass is 16.1. The predicted molar refractivity (Wildman–Crippen MR) is 83.7 cm³/mol. The molecule has 0 unspecified atom stereocenters. The molecule has 0 aliphatic carbocycles. The number of hydrogen-bond acceptors (Lipinski definition) is 2. The fraction of sp³-hybridized carbons (Fsp3) is 0.278. The van der Waals surface area contributed by atoms with Crippen LogP contribution in [0.2, 0.25) is 0 Å². The molecule has 0 aliphatic rings. The number of likely N-dealkylation sites (N-methyl/N-ethyl adjacent to an activating group) is 1. The van der Waals surface area contributed by atoms with Crippen LogP contribution in [0.1, 0.15) is 18.9 Å². The molecule has 104 valence electrons. The molecule has 1 N–H and O–H groups in total. The average Bonchev–Trinajstić information content (AvgIpc) is 2.48. The third kappa shape index (κ3) is 4.04. The molecule has 20 heavy (non-hydrogen) atoms. The minimum absolute atomic E-state index is 0.218. The third-order valence-corrected chi connectivity index (χ3v) is 3.49. The second-order valence-corrected chi connectivity index (χ2v) is 5.16. The molecular weight excluding hydrogens is 246 g/mol. The van der Waals surface area contributed by atoms with Crippen LogP contribution in [-0.2, 0) is 11.2 Å². The van der Waals surface area contributed by atoms with E-state index in [-0.39, 0.29) is 11.8 Å². The molecule has 0 spiro atoms. The van der Waals surface area contributed by atoms with Gasteiger partial charge in [-0.1, -0.05) is 54.6 Å². The number of hydrogen-bond donors (Lipinski definition) is 1. The van der Waals surface area contributed by atoms with Crippen molar-refractivity contribution in [1.29, 1.82) is 0 Å². The molecule has 2 aromatic rings. The summed E-state index contributed by atoms with van der Waals surface area (Å²) in [5.74, 6) is 0.227. The van der Waals surface area contributed by atoms with Crippen LogP contribution in [0.15, 0.2) is 54.6 Å². The van der Waals surface area contributed by atoms with E-state index in [0.717, 1.165) is 6.42 Å². The molecule has 0 saturated heterocycles. The van der Waals surface area contributed by atoms with Crippen molar-refractivity contribution in [3.05, 3.63) is 60.2 Å². The van der Waals surface area contributed by atoms with Crippen molar-refractivity contribution >= 4 is 5.78 Å². The minimum atomic E-state index is 0.218. The zero-order valence-corrected chi connectivity index (χ0v) is 12.1. The highest BCUT2D eigenvalue weighted by molar-refractivity contribution is 5.76. The Labute approximate surface area is 120 Å². The number of carbonyl (C=O) groups excluding carboxylic acids is 1. The molecule has 0 fully saturated rings. The van der Waals surface area contributed by atoms with Gasteiger partial charge in [-0.2, -0.15) is 0 Å². The van der Waals surface area contributed by atoms with Crippen LogP contribution in [-0.4, -0.2) is 18.9 Å². The second-order valence-electron chi connectivity index (χ2n) is 5.16. The van der Waals surface area contributed by atoms with Gasteiger partial charge in [0.05, 0.1) is 0 Å². The van der Waals surface area contributed by atoms with Gasteiger partial charge in [-0.05, 0) is 37.1 Å². The zero-order chi connectivity index (χ0) is 14.4. The molecule has 0 aromatic heterocycles. The largest absolute Gasteiger partial charge is 0.316 e. The first kappa shape index (κ1) is 14.5. The molecule has 2 nitrogen and oxygen atoms in total. The number of benzene rings is 2. The fourth-order valence-corrected chi connectivity index (χ4v) is 2.37. The molecule has 0 aliphatic heterocycles. The Morgan fingerprint density at radius 2 is 1.60 bits per heavy atom. The topological polar surface area (TPSA) is 29.1 Å². The third-order valence-electron chi connectivity index (χ3n) is 3.49. The maximum Gasteiger partial charge on any atom is 0.131 e. The Morgan fingerprint density at radius 3 is 2.15 bits per heavy atom. The first-order valence-electron chi connectivity index (χ1n) is 7.00. The first-order valence-corrected chi connectivity index (χ1v) is 7.00. The van der Waals surface area contributed by atoms with Gasteiger partial charge in [0.15, 0.2) is 0 Å². The van der Waals surface area contributed by atoms with E-state index < -0.39 is 0 Å². The Bertz CT molecular complexity index is 545. The molecular formula is C18H21NO. The van der Waals surface area contributed by atoms with Gasteiger partial charge in [-0.15, -0.1) is 0 Å². The van der Waals surface area contributed by atoms with Crippen molar-refractivity contribution in [2.75, 3.05) is 7.05 Å². The Hall–Kier alpha value is -1.93. The lowest BCUT2D eigenvalue weighted by atomic mass is 9.99. The van der Waals surface area contributed by atoms with Gasteiger partial charge >= 0.3 is 0 Å². The molecule has 0 amide bonds. The Balaban J connectivity index is 2.06. The standard InChI is InChI=1S/C18H21NO/c1-14(20)12-18(19-2)13-15-8-10-17(11-9-15)16-6-4-3-5-7-16/h3-11,18-19H,12-13H2,1-2H3/t18-/m0/s1. The second kappa shape index (κ2) is 7.01. The maximum atomic E-state index is 11.2. The van der Waals surface area contributed by atoms with Gasteiger partial charge in [-0.25, -0.2) is 0 Å². The van der Waals surface area contributed by atoms with Crippen molar-refractivity contribution in [3.63, 3.8) is 0 Å². The molecule has 1 atom stereocenters. The number of Topliss-reactive ketones (excluding diaryl/α,β-unsaturated/α-hetero) is 1. The van der Waals surface area contributed by atoms with Crippen LogP contribution in [0.5, 0.6) is 0 Å². The van der Waals surface area contributed by atoms with Gasteiger partial charge in [0.1, 0.15) is 5.78 Å². The van der Waals surface area contributed by atoms with Gasteiger partial charge in [0.25, 0.3) is 0 Å². The smallest absolute Gasteiger partial charge is 0.131 e. The molecule has 2 heteroatoms. The van der Waals surface area contributed by atoms with Gasteiger partial charge < -0.3 is 5.32 Å². The normalized spacial score (nSPS) is 12.1. The molecule has 0 bridgehead atoms. The van der Waals surface area contributed by atoms with Crippen molar-refractivity contribution in [1.82, 2.24) is 5.32 Å². The summed E-state index contributed by atoms with van der Waals surface area (Å²) in [4.78, 5) is 11.2. The van der Waals surface area contributed by atoms with Crippen molar-refractivity contribution < 1.29 is 4.79 Å². The minimum Gasteiger partial charge on any atom is -0.316 e. The first-order chi connectivity index (χ1) is 9.69. The van der Waals surface area contributed by atoms with Gasteiger partial charge in [0.2, 0.25) is 0 Å². The Kier molecular flexibility index (Phi) is 5.08. The lowest BCUT2D eigenvalue weighted by Gasteiger charge is -2.14. The van der Waals surface area contributed by atoms with E-state index in [1.165, 1.54) is 16.7 Å². The Morgan fingerprint density at radius 1 is 1.00 bits per heavy atom. The van der Waals surface area contributed by atoms with Gasteiger partial charge in [-0.3, -0.25) is 4.79 Å². The lowest BCUT2D eigenvalue weighted by molar-refractivity contribution is -0.117. The van der Waals surface area contributed by atoms with Crippen molar-refractivity contribution in [2.45, 2.75) is 25.8 Å².